The Labute approximate surface area is 161 Å². The van der Waals surface area contributed by atoms with Crippen LogP contribution in [0.5, 0.6) is 0 Å². The zero-order chi connectivity index (χ0) is 19.0. The summed E-state index contributed by atoms with van der Waals surface area (Å²) in [6.45, 7) is 8.54. The molecule has 3 heteroatoms. The number of benzene rings is 2. The Balaban J connectivity index is 1.80. The zero-order valence-corrected chi connectivity index (χ0v) is 16.4. The van der Waals surface area contributed by atoms with Crippen molar-refractivity contribution in [3.63, 3.8) is 0 Å². The van der Waals surface area contributed by atoms with Gasteiger partial charge in [0, 0.05) is 35.2 Å². The lowest BCUT2D eigenvalue weighted by Gasteiger charge is -2.39. The van der Waals surface area contributed by atoms with Crippen LogP contribution in [-0.4, -0.2) is 28.8 Å². The Hall–Kier alpha value is -2.39. The fraction of sp³-hybridized carbons (Fsp3) is 0.375. The number of H-pyrrole nitrogens is 1. The van der Waals surface area contributed by atoms with E-state index in [0.29, 0.717) is 11.8 Å². The maximum atomic E-state index is 13.9. The smallest absolute Gasteiger partial charge is 0.186 e. The van der Waals surface area contributed by atoms with Gasteiger partial charge in [0.25, 0.3) is 0 Å². The second-order valence-corrected chi connectivity index (χ2v) is 8.25. The number of carbonyl (C=O) groups is 1. The first-order valence-electron chi connectivity index (χ1n) is 9.95. The first kappa shape index (κ1) is 18.0. The lowest BCUT2D eigenvalue weighted by Crippen LogP contribution is -2.43. The quantitative estimate of drug-likeness (QED) is 0.634. The van der Waals surface area contributed by atoms with Gasteiger partial charge in [0.05, 0.1) is 6.04 Å². The van der Waals surface area contributed by atoms with Crippen LogP contribution >= 0.6 is 0 Å². The van der Waals surface area contributed by atoms with E-state index in [-0.39, 0.29) is 11.8 Å². The SMILES string of the molecule is Cc1[nH]c2ccccc2c1C(=O)C(c1ccccc1)N1CC(C)CC(C)C1. The number of aromatic amines is 1. The van der Waals surface area contributed by atoms with E-state index in [9.17, 15) is 4.79 Å². The highest BCUT2D eigenvalue weighted by Gasteiger charge is 2.34. The molecule has 2 aromatic carbocycles. The summed E-state index contributed by atoms with van der Waals surface area (Å²) in [4.78, 5) is 19.7. The van der Waals surface area contributed by atoms with Gasteiger partial charge in [-0.05, 0) is 36.8 Å². The summed E-state index contributed by atoms with van der Waals surface area (Å²) in [5, 5.41) is 1.03. The normalized spacial score (nSPS) is 22.0. The van der Waals surface area contributed by atoms with Crippen molar-refractivity contribution in [1.29, 1.82) is 0 Å². The van der Waals surface area contributed by atoms with E-state index in [1.807, 2.05) is 43.3 Å². The Bertz CT molecular complexity index is 933. The van der Waals surface area contributed by atoms with Gasteiger partial charge in [-0.2, -0.15) is 0 Å². The van der Waals surface area contributed by atoms with Gasteiger partial charge in [-0.15, -0.1) is 0 Å². The standard InChI is InChI=1S/C24H28N2O/c1-16-13-17(2)15-26(14-16)23(19-9-5-4-6-10-19)24(27)22-18(3)25-21-12-8-7-11-20(21)22/h4-12,16-17,23,25H,13-15H2,1-3H3. The van der Waals surface area contributed by atoms with Crippen LogP contribution in [0.2, 0.25) is 0 Å². The van der Waals surface area contributed by atoms with Crippen LogP contribution in [0.3, 0.4) is 0 Å². The zero-order valence-electron chi connectivity index (χ0n) is 16.4. The van der Waals surface area contributed by atoms with Crippen LogP contribution in [0, 0.1) is 18.8 Å². The van der Waals surface area contributed by atoms with E-state index in [0.717, 1.165) is 40.8 Å². The lowest BCUT2D eigenvalue weighted by molar-refractivity contribution is 0.0648. The number of hydrogen-bond donors (Lipinski definition) is 1. The number of nitrogens with one attached hydrogen (secondary N) is 1. The van der Waals surface area contributed by atoms with Crippen molar-refractivity contribution >= 4 is 16.7 Å². The number of fused-ring (bicyclic) bond motifs is 1. The molecule has 2 heterocycles. The van der Waals surface area contributed by atoms with Gasteiger partial charge in [0.1, 0.15) is 0 Å². The van der Waals surface area contributed by atoms with E-state index in [4.69, 9.17) is 0 Å². The van der Waals surface area contributed by atoms with Gasteiger partial charge >= 0.3 is 0 Å². The number of aromatic nitrogens is 1. The van der Waals surface area contributed by atoms with Crippen molar-refractivity contribution in [2.24, 2.45) is 11.8 Å². The molecule has 4 rings (SSSR count). The summed E-state index contributed by atoms with van der Waals surface area (Å²) in [5.74, 6) is 1.42. The van der Waals surface area contributed by atoms with E-state index in [1.165, 1.54) is 6.42 Å². The number of aryl methyl sites for hydroxylation is 1. The molecule has 3 aromatic rings. The number of rotatable bonds is 4. The van der Waals surface area contributed by atoms with Gasteiger partial charge in [0.15, 0.2) is 5.78 Å². The minimum Gasteiger partial charge on any atom is -0.358 e. The number of nitrogens with zero attached hydrogens (tertiary/aromatic N) is 1. The minimum absolute atomic E-state index is 0.206. The van der Waals surface area contributed by atoms with Crippen LogP contribution in [0.15, 0.2) is 54.6 Å². The van der Waals surface area contributed by atoms with Crippen molar-refractivity contribution in [3.05, 3.63) is 71.4 Å². The van der Waals surface area contributed by atoms with Crippen molar-refractivity contribution in [2.45, 2.75) is 33.2 Å². The fourth-order valence-corrected chi connectivity index (χ4v) is 4.82. The van der Waals surface area contributed by atoms with E-state index in [1.54, 1.807) is 0 Å². The predicted octanol–water partition coefficient (Wildman–Crippen LogP) is 5.38. The molecule has 1 aliphatic heterocycles. The van der Waals surface area contributed by atoms with Crippen LogP contribution in [0.1, 0.15) is 47.9 Å². The molecule has 140 valence electrons. The topological polar surface area (TPSA) is 36.1 Å². The highest BCUT2D eigenvalue weighted by molar-refractivity contribution is 6.11. The molecule has 0 spiro atoms. The van der Waals surface area contributed by atoms with Crippen molar-refractivity contribution < 1.29 is 4.79 Å². The molecule has 0 radical (unpaired) electrons. The predicted molar refractivity (Wildman–Crippen MR) is 111 cm³/mol. The van der Waals surface area contributed by atoms with Crippen LogP contribution in [0.25, 0.3) is 10.9 Å². The summed E-state index contributed by atoms with van der Waals surface area (Å²) in [7, 11) is 0. The Morgan fingerprint density at radius 2 is 1.63 bits per heavy atom. The van der Waals surface area contributed by atoms with E-state index < -0.39 is 0 Å². The number of likely N-dealkylation sites (tertiary alicyclic amines) is 1. The van der Waals surface area contributed by atoms with E-state index in [2.05, 4.69) is 41.9 Å². The third-order valence-electron chi connectivity index (χ3n) is 5.77. The third kappa shape index (κ3) is 3.44. The largest absolute Gasteiger partial charge is 0.358 e. The molecule has 0 aliphatic carbocycles. The Kier molecular flexibility index (Phi) is 4.88. The summed E-state index contributed by atoms with van der Waals surface area (Å²) >= 11 is 0. The van der Waals surface area contributed by atoms with Crippen LogP contribution in [0.4, 0.5) is 0 Å². The molecule has 27 heavy (non-hydrogen) atoms. The number of hydrogen-bond acceptors (Lipinski definition) is 2. The van der Waals surface area contributed by atoms with Gasteiger partial charge in [-0.25, -0.2) is 0 Å². The number of ketones is 1. The molecule has 1 aliphatic rings. The Morgan fingerprint density at radius 1 is 1.00 bits per heavy atom. The molecule has 0 amide bonds. The van der Waals surface area contributed by atoms with Gasteiger partial charge in [-0.1, -0.05) is 62.4 Å². The van der Waals surface area contributed by atoms with Gasteiger partial charge in [0.2, 0.25) is 0 Å². The lowest BCUT2D eigenvalue weighted by atomic mass is 9.87. The number of carbonyl (C=O) groups excluding carboxylic acids is 1. The molecule has 1 fully saturated rings. The first-order valence-corrected chi connectivity index (χ1v) is 9.95. The van der Waals surface area contributed by atoms with Crippen molar-refractivity contribution in [1.82, 2.24) is 9.88 Å². The van der Waals surface area contributed by atoms with Crippen molar-refractivity contribution in [3.8, 4) is 0 Å². The molecule has 1 aromatic heterocycles. The highest BCUT2D eigenvalue weighted by Crippen LogP contribution is 2.34. The average Bonchev–Trinajstić information content (AvgIpc) is 2.97. The maximum absolute atomic E-state index is 13.9. The van der Waals surface area contributed by atoms with Crippen LogP contribution < -0.4 is 0 Å². The average molecular weight is 361 g/mol. The second kappa shape index (κ2) is 7.32. The van der Waals surface area contributed by atoms with E-state index >= 15 is 0 Å². The molecule has 0 bridgehead atoms. The Morgan fingerprint density at radius 3 is 2.33 bits per heavy atom. The highest BCUT2D eigenvalue weighted by atomic mass is 16.1. The fourth-order valence-electron chi connectivity index (χ4n) is 4.82. The molecular weight excluding hydrogens is 332 g/mol. The van der Waals surface area contributed by atoms with Crippen LogP contribution in [-0.2, 0) is 0 Å². The summed E-state index contributed by atoms with van der Waals surface area (Å²) in [6, 6.07) is 18.2. The molecule has 3 atom stereocenters. The third-order valence-corrected chi connectivity index (χ3v) is 5.77. The minimum atomic E-state index is -0.227. The number of piperidine rings is 1. The molecule has 3 nitrogen and oxygen atoms in total. The van der Waals surface area contributed by atoms with Crippen molar-refractivity contribution in [2.75, 3.05) is 13.1 Å². The molecule has 1 saturated heterocycles. The molecule has 0 saturated carbocycles. The monoisotopic (exact) mass is 360 g/mol. The maximum Gasteiger partial charge on any atom is 0.186 e. The first-order chi connectivity index (χ1) is 13.0. The molecule has 1 N–H and O–H groups in total. The van der Waals surface area contributed by atoms with Gasteiger partial charge in [-0.3, -0.25) is 9.69 Å². The second-order valence-electron chi connectivity index (χ2n) is 8.25. The molecular formula is C24H28N2O. The summed E-state index contributed by atoms with van der Waals surface area (Å²) in [6.07, 6.45) is 1.23. The summed E-state index contributed by atoms with van der Waals surface area (Å²) < 4.78 is 0. The molecule has 3 unspecified atom stereocenters. The number of para-hydroxylation sites is 1. The number of Topliss-reactive ketones (excluding diaryl/α,β-unsaturated/α-hetero) is 1. The van der Waals surface area contributed by atoms with Gasteiger partial charge < -0.3 is 4.98 Å². The summed E-state index contributed by atoms with van der Waals surface area (Å²) in [5.41, 5.74) is 3.92.